The molecule has 0 aliphatic rings. The summed E-state index contributed by atoms with van der Waals surface area (Å²) in [5.74, 6) is 0.287. The lowest BCUT2D eigenvalue weighted by molar-refractivity contribution is 0.102. The van der Waals surface area contributed by atoms with Crippen molar-refractivity contribution in [2.45, 2.75) is 47.0 Å². The van der Waals surface area contributed by atoms with Crippen LogP contribution in [0.5, 0.6) is 5.75 Å². The molecule has 1 amide bonds. The Morgan fingerprint density at radius 2 is 1.69 bits per heavy atom. The summed E-state index contributed by atoms with van der Waals surface area (Å²) in [6.45, 7) is 12.0. The topological polar surface area (TPSA) is 126 Å². The molecule has 0 saturated heterocycles. The highest BCUT2D eigenvalue weighted by atomic mass is 32.2. The number of thiophene rings is 1. The smallest absolute Gasteiger partial charge is 0.257 e. The summed E-state index contributed by atoms with van der Waals surface area (Å²) in [4.78, 5) is 28.0. The Hall–Kier alpha value is -3.96. The number of hydrogen-bond acceptors (Lipinski definition) is 8. The van der Waals surface area contributed by atoms with Crippen molar-refractivity contribution in [3.05, 3.63) is 76.4 Å². The van der Waals surface area contributed by atoms with Crippen LogP contribution in [-0.4, -0.2) is 46.0 Å². The second kappa shape index (κ2) is 14.8. The Balaban J connectivity index is 0.000000279. The number of benzene rings is 2. The number of aryl methyl sites for hydroxylation is 1. The van der Waals surface area contributed by atoms with Crippen LogP contribution in [0.3, 0.4) is 0 Å². The zero-order valence-corrected chi connectivity index (χ0v) is 27.2. The average Bonchev–Trinajstić information content (AvgIpc) is 3.37. The maximum atomic E-state index is 12.3. The van der Waals surface area contributed by atoms with Crippen molar-refractivity contribution in [1.29, 1.82) is 0 Å². The van der Waals surface area contributed by atoms with E-state index in [9.17, 15) is 18.0 Å². The summed E-state index contributed by atoms with van der Waals surface area (Å²) < 4.78 is 31.6. The van der Waals surface area contributed by atoms with Gasteiger partial charge in [-0.3, -0.25) is 19.3 Å². The molecule has 0 atom stereocenters. The average molecular weight is 613 g/mol. The highest BCUT2D eigenvalue weighted by molar-refractivity contribution is 7.92. The molecule has 0 unspecified atom stereocenters. The number of aldehydes is 1. The number of carbonyl (C=O) groups excluding carboxylic acids is 2. The van der Waals surface area contributed by atoms with Crippen LogP contribution in [0, 0.1) is 6.92 Å². The van der Waals surface area contributed by atoms with E-state index in [0.29, 0.717) is 33.3 Å². The molecule has 9 nitrogen and oxygen atoms in total. The lowest BCUT2D eigenvalue weighted by Gasteiger charge is -2.23. The van der Waals surface area contributed by atoms with Crippen molar-refractivity contribution in [2.75, 3.05) is 35.8 Å². The SMILES string of the molecule is CC.CNc1cc(C(C)(C)C)cc(NS(C)(=O)=O)c1OC.Cc1ncccc1C(=O)Nc1cccc2cc(C=O)sc12. The van der Waals surface area contributed by atoms with Gasteiger partial charge in [-0.15, -0.1) is 11.3 Å². The molecule has 2 heterocycles. The van der Waals surface area contributed by atoms with Crippen molar-refractivity contribution in [1.82, 2.24) is 4.98 Å². The molecular weight excluding hydrogens is 572 g/mol. The van der Waals surface area contributed by atoms with E-state index in [1.54, 1.807) is 38.4 Å². The van der Waals surface area contributed by atoms with E-state index in [4.69, 9.17) is 4.74 Å². The largest absolute Gasteiger partial charge is 0.492 e. The number of pyridine rings is 1. The molecule has 2 aromatic heterocycles. The first kappa shape index (κ1) is 34.2. The molecule has 11 heteroatoms. The molecule has 0 saturated carbocycles. The predicted molar refractivity (Wildman–Crippen MR) is 175 cm³/mol. The molecule has 0 aliphatic heterocycles. The Morgan fingerprint density at radius 1 is 1.02 bits per heavy atom. The van der Waals surface area contributed by atoms with Gasteiger partial charge in [0.2, 0.25) is 10.0 Å². The van der Waals surface area contributed by atoms with E-state index < -0.39 is 10.0 Å². The van der Waals surface area contributed by atoms with Gasteiger partial charge in [-0.1, -0.05) is 46.8 Å². The van der Waals surface area contributed by atoms with Gasteiger partial charge in [-0.25, -0.2) is 8.42 Å². The van der Waals surface area contributed by atoms with Gasteiger partial charge < -0.3 is 15.4 Å². The van der Waals surface area contributed by atoms with Crippen LogP contribution in [0.4, 0.5) is 17.1 Å². The number of rotatable bonds is 7. The van der Waals surface area contributed by atoms with Gasteiger partial charge in [0.05, 0.1) is 45.6 Å². The Morgan fingerprint density at radius 3 is 2.24 bits per heavy atom. The van der Waals surface area contributed by atoms with Crippen molar-refractivity contribution < 1.29 is 22.7 Å². The Labute approximate surface area is 252 Å². The van der Waals surface area contributed by atoms with Gasteiger partial charge >= 0.3 is 0 Å². The number of fused-ring (bicyclic) bond motifs is 1. The Kier molecular flexibility index (Phi) is 12.1. The monoisotopic (exact) mass is 612 g/mol. The van der Waals surface area contributed by atoms with Crippen molar-refractivity contribution in [3.63, 3.8) is 0 Å². The molecular formula is C31H40N4O5S2. The zero-order chi connectivity index (χ0) is 31.7. The summed E-state index contributed by atoms with van der Waals surface area (Å²) in [5.41, 5.74) is 4.06. The number of amides is 1. The predicted octanol–water partition coefficient (Wildman–Crippen LogP) is 7.10. The van der Waals surface area contributed by atoms with E-state index in [1.165, 1.54) is 18.4 Å². The van der Waals surface area contributed by atoms with E-state index in [2.05, 4.69) is 41.1 Å². The maximum absolute atomic E-state index is 12.3. The van der Waals surface area contributed by atoms with Gasteiger partial charge in [0.25, 0.3) is 5.91 Å². The number of carbonyl (C=O) groups is 2. The number of methoxy groups -OCH3 is 1. The second-order valence-corrected chi connectivity index (χ2v) is 12.9. The molecule has 0 radical (unpaired) electrons. The fourth-order valence-electron chi connectivity index (χ4n) is 3.90. The third-order valence-corrected chi connectivity index (χ3v) is 7.60. The molecule has 42 heavy (non-hydrogen) atoms. The zero-order valence-electron chi connectivity index (χ0n) is 25.6. The van der Waals surface area contributed by atoms with Gasteiger partial charge in [0.15, 0.2) is 12.0 Å². The third kappa shape index (κ3) is 9.02. The fourth-order valence-corrected chi connectivity index (χ4v) is 5.39. The summed E-state index contributed by atoms with van der Waals surface area (Å²) in [5, 5.41) is 6.87. The van der Waals surface area contributed by atoms with Crippen molar-refractivity contribution in [2.24, 2.45) is 0 Å². The highest BCUT2D eigenvalue weighted by Gasteiger charge is 2.20. The van der Waals surface area contributed by atoms with E-state index in [0.717, 1.165) is 33.9 Å². The molecule has 2 aromatic carbocycles. The first-order chi connectivity index (χ1) is 19.8. The summed E-state index contributed by atoms with van der Waals surface area (Å²) in [7, 11) is -0.0682. The lowest BCUT2D eigenvalue weighted by Crippen LogP contribution is -2.15. The third-order valence-electron chi connectivity index (χ3n) is 5.90. The highest BCUT2D eigenvalue weighted by Crippen LogP contribution is 2.38. The number of aromatic nitrogens is 1. The first-order valence-corrected chi connectivity index (χ1v) is 16.1. The summed E-state index contributed by atoms with van der Waals surface area (Å²) in [6, 6.07) is 14.7. The van der Waals surface area contributed by atoms with Crippen LogP contribution >= 0.6 is 11.3 Å². The standard InChI is InChI=1S/C16H12N2O2S.C13H22N2O3S.C2H6/c1-10-13(5-3-7-17-10)16(20)18-14-6-2-4-11-8-12(9-19)21-15(11)14;1-13(2,3)9-7-10(14-4)12(18-5)11(8-9)15-19(6,16)17;1-2/h2-9H,1H3,(H,18,20);7-8,14-15H,1-6H3;1-2H3. The molecule has 0 bridgehead atoms. The van der Waals surface area contributed by atoms with Crippen LogP contribution < -0.4 is 20.1 Å². The van der Waals surface area contributed by atoms with Crippen LogP contribution in [0.1, 0.15) is 65.9 Å². The number of nitrogens with zero attached hydrogens (tertiary/aromatic N) is 1. The minimum atomic E-state index is -3.35. The molecule has 4 aromatic rings. The Bertz CT molecular complexity index is 1640. The van der Waals surface area contributed by atoms with Crippen LogP contribution in [-0.2, 0) is 15.4 Å². The van der Waals surface area contributed by atoms with Crippen molar-refractivity contribution in [3.8, 4) is 5.75 Å². The quantitative estimate of drug-likeness (QED) is 0.190. The lowest BCUT2D eigenvalue weighted by atomic mass is 9.86. The molecule has 226 valence electrons. The fraction of sp³-hybridized carbons (Fsp3) is 0.323. The number of ether oxygens (including phenoxy) is 1. The van der Waals surface area contributed by atoms with E-state index in [-0.39, 0.29) is 11.3 Å². The van der Waals surface area contributed by atoms with Gasteiger partial charge in [-0.05, 0) is 59.7 Å². The molecule has 3 N–H and O–H groups in total. The van der Waals surface area contributed by atoms with Crippen molar-refractivity contribution >= 4 is 60.7 Å². The number of anilines is 3. The molecule has 0 spiro atoms. The number of nitrogens with one attached hydrogen (secondary N) is 3. The minimum Gasteiger partial charge on any atom is -0.492 e. The summed E-state index contributed by atoms with van der Waals surface area (Å²) >= 11 is 1.37. The normalized spacial score (nSPS) is 10.9. The maximum Gasteiger partial charge on any atom is 0.257 e. The van der Waals surface area contributed by atoms with Gasteiger partial charge in [0.1, 0.15) is 0 Å². The van der Waals surface area contributed by atoms with Gasteiger partial charge in [-0.2, -0.15) is 0 Å². The second-order valence-electron chi connectivity index (χ2n) is 10.1. The van der Waals surface area contributed by atoms with E-state index >= 15 is 0 Å². The summed E-state index contributed by atoms with van der Waals surface area (Å²) in [6.07, 6.45) is 3.60. The van der Waals surface area contributed by atoms with Crippen LogP contribution in [0.2, 0.25) is 0 Å². The molecule has 4 rings (SSSR count). The van der Waals surface area contributed by atoms with Gasteiger partial charge in [0, 0.05) is 18.9 Å². The van der Waals surface area contributed by atoms with Crippen LogP contribution in [0.15, 0.2) is 54.7 Å². The molecule has 0 aliphatic carbocycles. The number of hydrogen-bond donors (Lipinski definition) is 3. The van der Waals surface area contributed by atoms with E-state index in [1.807, 2.05) is 44.2 Å². The van der Waals surface area contributed by atoms with Crippen LogP contribution in [0.25, 0.3) is 10.1 Å². The minimum absolute atomic E-state index is 0.0915. The molecule has 0 fully saturated rings. The first-order valence-electron chi connectivity index (χ1n) is 13.4. The number of sulfonamides is 1.